The fourth-order valence-electron chi connectivity index (χ4n) is 2.28. The van der Waals surface area contributed by atoms with E-state index in [-0.39, 0.29) is 11.8 Å². The average Bonchev–Trinajstić information content (AvgIpc) is 2.83. The lowest BCUT2D eigenvalue weighted by Crippen LogP contribution is -2.24. The molecule has 2 aromatic carbocycles. The lowest BCUT2D eigenvalue weighted by molar-refractivity contribution is 0.246. The van der Waals surface area contributed by atoms with Gasteiger partial charge in [-0.3, -0.25) is 0 Å². The van der Waals surface area contributed by atoms with Crippen molar-refractivity contribution in [2.45, 2.75) is 12.5 Å². The third-order valence-electron chi connectivity index (χ3n) is 3.29. The Kier molecular flexibility index (Phi) is 3.80. The van der Waals surface area contributed by atoms with Crippen LogP contribution in [0.2, 0.25) is 0 Å². The molecular weight excluding hydrogens is 347 g/mol. The van der Waals surface area contributed by atoms with Gasteiger partial charge in [-0.15, -0.1) is 0 Å². The van der Waals surface area contributed by atoms with Crippen molar-refractivity contribution in [2.75, 3.05) is 11.9 Å². The summed E-state index contributed by atoms with van der Waals surface area (Å²) in [7, 11) is 0. The summed E-state index contributed by atoms with van der Waals surface area (Å²) >= 11 is 3.39. The molecule has 0 aromatic heterocycles. The molecule has 1 atom stereocenters. The van der Waals surface area contributed by atoms with Gasteiger partial charge in [0, 0.05) is 23.0 Å². The van der Waals surface area contributed by atoms with E-state index in [4.69, 9.17) is 4.74 Å². The molecule has 0 radical (unpaired) electrons. The first kappa shape index (κ1) is 14.3. The van der Waals surface area contributed by atoms with Crippen molar-refractivity contribution in [3.63, 3.8) is 0 Å². The zero-order chi connectivity index (χ0) is 15.0. The van der Waals surface area contributed by atoms with E-state index in [0.29, 0.717) is 19.0 Å². The topological polar surface area (TPSA) is 21.3 Å². The van der Waals surface area contributed by atoms with Gasteiger partial charge in [0.1, 0.15) is 17.7 Å². The van der Waals surface area contributed by atoms with Crippen LogP contribution in [0.1, 0.15) is 5.56 Å². The van der Waals surface area contributed by atoms with Crippen molar-refractivity contribution in [3.8, 4) is 5.75 Å². The van der Waals surface area contributed by atoms with E-state index < -0.39 is 17.5 Å². The minimum absolute atomic E-state index is 0.0744. The lowest BCUT2D eigenvalue weighted by atomic mass is 10.1. The Balaban J connectivity index is 1.66. The van der Waals surface area contributed by atoms with Crippen LogP contribution in [0, 0.1) is 17.5 Å². The second-order valence-electron chi connectivity index (χ2n) is 4.82. The summed E-state index contributed by atoms with van der Waals surface area (Å²) in [5.74, 6) is -2.33. The van der Waals surface area contributed by atoms with Crippen molar-refractivity contribution >= 4 is 21.6 Å². The fraction of sp³-hybridized carbons (Fsp3) is 0.200. The van der Waals surface area contributed by atoms with E-state index in [1.54, 1.807) is 0 Å². The Morgan fingerprint density at radius 3 is 2.67 bits per heavy atom. The van der Waals surface area contributed by atoms with Gasteiger partial charge in [-0.2, -0.15) is 0 Å². The van der Waals surface area contributed by atoms with Gasteiger partial charge in [0.2, 0.25) is 0 Å². The largest absolute Gasteiger partial charge is 0.488 e. The van der Waals surface area contributed by atoms with E-state index in [2.05, 4.69) is 21.2 Å². The van der Waals surface area contributed by atoms with Crippen LogP contribution in [0.5, 0.6) is 5.75 Å². The monoisotopic (exact) mass is 357 g/mol. The summed E-state index contributed by atoms with van der Waals surface area (Å²) in [6.07, 6.45) is 0.495. The second-order valence-corrected chi connectivity index (χ2v) is 5.74. The van der Waals surface area contributed by atoms with E-state index in [9.17, 15) is 13.2 Å². The molecule has 1 heterocycles. The predicted octanol–water partition coefficient (Wildman–Crippen LogP) is 4.28. The number of anilines is 1. The third kappa shape index (κ3) is 3.00. The summed E-state index contributed by atoms with van der Waals surface area (Å²) < 4.78 is 46.1. The molecular formula is C15H11BrF3NO. The number of rotatable bonds is 3. The van der Waals surface area contributed by atoms with Gasteiger partial charge in [-0.25, -0.2) is 13.2 Å². The first-order chi connectivity index (χ1) is 10.0. The number of hydrogen-bond acceptors (Lipinski definition) is 2. The average molecular weight is 358 g/mol. The molecule has 6 heteroatoms. The minimum atomic E-state index is -1.20. The first-order valence-corrected chi connectivity index (χ1v) is 7.16. The maximum absolute atomic E-state index is 13.5. The van der Waals surface area contributed by atoms with Crippen LogP contribution < -0.4 is 10.1 Å². The number of nitrogens with one attached hydrogen (secondary N) is 1. The van der Waals surface area contributed by atoms with Crippen molar-refractivity contribution in [1.29, 1.82) is 0 Å². The summed E-state index contributed by atoms with van der Waals surface area (Å²) in [6, 6.07) is 7.04. The number of hydrogen-bond donors (Lipinski definition) is 1. The van der Waals surface area contributed by atoms with Gasteiger partial charge >= 0.3 is 0 Å². The Hall–Kier alpha value is -1.69. The van der Waals surface area contributed by atoms with Crippen LogP contribution >= 0.6 is 15.9 Å². The van der Waals surface area contributed by atoms with Crippen molar-refractivity contribution in [2.24, 2.45) is 0 Å². The van der Waals surface area contributed by atoms with Gasteiger partial charge < -0.3 is 10.1 Å². The minimum Gasteiger partial charge on any atom is -0.488 e. The van der Waals surface area contributed by atoms with Gasteiger partial charge in [0.05, 0.1) is 12.2 Å². The molecule has 0 fully saturated rings. The zero-order valence-corrected chi connectivity index (χ0v) is 12.4. The van der Waals surface area contributed by atoms with Crippen molar-refractivity contribution in [3.05, 3.63) is 57.8 Å². The van der Waals surface area contributed by atoms with Crippen LogP contribution in [-0.4, -0.2) is 12.6 Å². The molecule has 0 amide bonds. The molecule has 1 N–H and O–H groups in total. The van der Waals surface area contributed by atoms with E-state index in [1.807, 2.05) is 18.2 Å². The number of ether oxygens (including phenoxy) is 1. The molecule has 0 spiro atoms. The Bertz CT molecular complexity index is 693. The molecule has 21 heavy (non-hydrogen) atoms. The zero-order valence-electron chi connectivity index (χ0n) is 10.8. The predicted molar refractivity (Wildman–Crippen MR) is 77.1 cm³/mol. The number of benzene rings is 2. The molecule has 1 unspecified atom stereocenters. The van der Waals surface area contributed by atoms with Gasteiger partial charge in [-0.1, -0.05) is 15.9 Å². The normalized spacial score (nSPS) is 16.5. The van der Waals surface area contributed by atoms with Crippen LogP contribution in [0.15, 0.2) is 34.8 Å². The molecule has 2 nitrogen and oxygen atoms in total. The summed E-state index contributed by atoms with van der Waals surface area (Å²) in [6.45, 7) is 0.300. The smallest absolute Gasteiger partial charge is 0.161 e. The highest BCUT2D eigenvalue weighted by atomic mass is 79.9. The molecule has 1 aliphatic heterocycles. The van der Waals surface area contributed by atoms with Crippen LogP contribution in [0.4, 0.5) is 18.9 Å². The highest BCUT2D eigenvalue weighted by molar-refractivity contribution is 9.10. The highest BCUT2D eigenvalue weighted by Crippen LogP contribution is 2.31. The van der Waals surface area contributed by atoms with Gasteiger partial charge in [0.25, 0.3) is 0 Å². The fourth-order valence-corrected chi connectivity index (χ4v) is 2.69. The first-order valence-electron chi connectivity index (χ1n) is 6.36. The Morgan fingerprint density at radius 2 is 1.86 bits per heavy atom. The third-order valence-corrected chi connectivity index (χ3v) is 3.79. The maximum atomic E-state index is 13.5. The quantitative estimate of drug-likeness (QED) is 0.827. The SMILES string of the molecule is Fc1cc(F)c(NCC2Cc3cc(Br)ccc3O2)cc1F. The van der Waals surface area contributed by atoms with Crippen LogP contribution in [-0.2, 0) is 6.42 Å². The van der Waals surface area contributed by atoms with E-state index in [1.165, 1.54) is 0 Å². The van der Waals surface area contributed by atoms with Gasteiger partial charge in [-0.05, 0) is 23.8 Å². The lowest BCUT2D eigenvalue weighted by Gasteiger charge is -2.13. The van der Waals surface area contributed by atoms with Crippen molar-refractivity contribution in [1.82, 2.24) is 0 Å². The molecule has 0 aliphatic carbocycles. The Morgan fingerprint density at radius 1 is 1.10 bits per heavy atom. The summed E-state index contributed by atoms with van der Waals surface area (Å²) in [5.41, 5.74) is 0.983. The molecule has 3 rings (SSSR count). The van der Waals surface area contributed by atoms with Crippen LogP contribution in [0.3, 0.4) is 0 Å². The van der Waals surface area contributed by atoms with Crippen molar-refractivity contribution < 1.29 is 17.9 Å². The molecule has 0 saturated heterocycles. The second kappa shape index (κ2) is 5.60. The van der Waals surface area contributed by atoms with E-state index >= 15 is 0 Å². The molecule has 2 aromatic rings. The maximum Gasteiger partial charge on any atom is 0.161 e. The molecule has 0 saturated carbocycles. The Labute approximate surface area is 128 Å². The molecule has 110 valence electrons. The van der Waals surface area contributed by atoms with Gasteiger partial charge in [0.15, 0.2) is 11.6 Å². The molecule has 0 bridgehead atoms. The summed E-state index contributed by atoms with van der Waals surface area (Å²) in [5, 5.41) is 2.75. The van der Waals surface area contributed by atoms with E-state index in [0.717, 1.165) is 21.9 Å². The number of halogens is 4. The number of fused-ring (bicyclic) bond motifs is 1. The summed E-state index contributed by atoms with van der Waals surface area (Å²) in [4.78, 5) is 0. The van der Waals surface area contributed by atoms with Crippen LogP contribution in [0.25, 0.3) is 0 Å². The standard InChI is InChI=1S/C15H11BrF3NO/c16-9-1-2-15-8(3-9)4-10(21-15)7-20-14-6-12(18)11(17)5-13(14)19/h1-3,5-6,10,20H,4,7H2. The molecule has 1 aliphatic rings. The highest BCUT2D eigenvalue weighted by Gasteiger charge is 2.23.